The smallest absolute Gasteiger partial charge is 0.220 e. The van der Waals surface area contributed by atoms with Gasteiger partial charge in [0.25, 0.3) is 0 Å². The molecule has 0 aromatic heterocycles. The molecular weight excluding hydrogens is 282 g/mol. The summed E-state index contributed by atoms with van der Waals surface area (Å²) in [6.07, 6.45) is 1.70. The summed E-state index contributed by atoms with van der Waals surface area (Å²) in [4.78, 5) is 11.4. The Kier molecular flexibility index (Phi) is 6.22. The van der Waals surface area contributed by atoms with Crippen LogP contribution in [0, 0.1) is 0 Å². The van der Waals surface area contributed by atoms with E-state index in [2.05, 4.69) is 27.3 Å². The number of aryl methyl sites for hydroxylation is 1. The van der Waals surface area contributed by atoms with Crippen LogP contribution < -0.4 is 5.32 Å². The number of aliphatic hydroxyl groups is 1. The maximum atomic E-state index is 11.4. The maximum Gasteiger partial charge on any atom is 0.220 e. The molecule has 1 unspecified atom stereocenters. The first-order valence-electron chi connectivity index (χ1n) is 5.77. The van der Waals surface area contributed by atoms with Crippen LogP contribution >= 0.6 is 15.9 Å². The van der Waals surface area contributed by atoms with Crippen LogP contribution in [0.2, 0.25) is 0 Å². The van der Waals surface area contributed by atoms with Crippen LogP contribution in [0.5, 0.6) is 0 Å². The molecule has 0 radical (unpaired) electrons. The number of hydrogen-bond acceptors (Lipinski definition) is 2. The number of halogens is 1. The largest absolute Gasteiger partial charge is 0.392 e. The first kappa shape index (κ1) is 14.2. The third kappa shape index (κ3) is 5.84. The minimum Gasteiger partial charge on any atom is -0.392 e. The zero-order chi connectivity index (χ0) is 12.7. The molecule has 1 aromatic rings. The van der Waals surface area contributed by atoms with Gasteiger partial charge in [-0.2, -0.15) is 0 Å². The van der Waals surface area contributed by atoms with Crippen molar-refractivity contribution in [1.29, 1.82) is 0 Å². The van der Waals surface area contributed by atoms with Gasteiger partial charge in [0, 0.05) is 17.4 Å². The molecule has 1 amide bonds. The van der Waals surface area contributed by atoms with E-state index in [0.29, 0.717) is 13.0 Å². The van der Waals surface area contributed by atoms with Crippen molar-refractivity contribution in [3.8, 4) is 0 Å². The highest BCUT2D eigenvalue weighted by Crippen LogP contribution is 2.17. The molecule has 0 aliphatic carbocycles. The lowest BCUT2D eigenvalue weighted by molar-refractivity contribution is -0.121. The number of benzene rings is 1. The van der Waals surface area contributed by atoms with Crippen LogP contribution in [0.15, 0.2) is 28.7 Å². The van der Waals surface area contributed by atoms with Crippen molar-refractivity contribution >= 4 is 21.8 Å². The average molecular weight is 300 g/mol. The van der Waals surface area contributed by atoms with Gasteiger partial charge in [0.2, 0.25) is 5.91 Å². The number of rotatable bonds is 6. The first-order chi connectivity index (χ1) is 8.09. The van der Waals surface area contributed by atoms with Crippen molar-refractivity contribution in [2.24, 2.45) is 0 Å². The van der Waals surface area contributed by atoms with E-state index in [0.717, 1.165) is 17.3 Å². The quantitative estimate of drug-likeness (QED) is 0.846. The molecule has 1 rings (SSSR count). The van der Waals surface area contributed by atoms with Crippen LogP contribution in [-0.4, -0.2) is 23.7 Å². The Balaban J connectivity index is 2.24. The van der Waals surface area contributed by atoms with Gasteiger partial charge < -0.3 is 10.4 Å². The second-order valence-corrected chi connectivity index (χ2v) is 4.95. The third-order valence-electron chi connectivity index (χ3n) is 2.40. The molecule has 2 N–H and O–H groups in total. The lowest BCUT2D eigenvalue weighted by atomic mass is 10.1. The highest BCUT2D eigenvalue weighted by molar-refractivity contribution is 9.10. The molecule has 4 heteroatoms. The fraction of sp³-hybridized carbons (Fsp3) is 0.462. The molecule has 3 nitrogen and oxygen atoms in total. The van der Waals surface area contributed by atoms with E-state index in [4.69, 9.17) is 5.11 Å². The predicted molar refractivity (Wildman–Crippen MR) is 71.8 cm³/mol. The number of amides is 1. The average Bonchev–Trinajstić information content (AvgIpc) is 2.29. The van der Waals surface area contributed by atoms with Gasteiger partial charge in [-0.3, -0.25) is 4.79 Å². The normalized spacial score (nSPS) is 12.2. The van der Waals surface area contributed by atoms with E-state index < -0.39 is 6.10 Å². The number of aliphatic hydroxyl groups excluding tert-OH is 1. The molecule has 1 atom stereocenters. The Labute approximate surface area is 110 Å². The van der Waals surface area contributed by atoms with E-state index in [-0.39, 0.29) is 5.91 Å². The topological polar surface area (TPSA) is 49.3 Å². The highest BCUT2D eigenvalue weighted by Gasteiger charge is 2.04. The Morgan fingerprint density at radius 1 is 1.47 bits per heavy atom. The Morgan fingerprint density at radius 3 is 2.82 bits per heavy atom. The summed E-state index contributed by atoms with van der Waals surface area (Å²) in [5.74, 6) is -0.00189. The van der Waals surface area contributed by atoms with E-state index in [9.17, 15) is 4.79 Å². The van der Waals surface area contributed by atoms with Gasteiger partial charge in [0.15, 0.2) is 0 Å². The zero-order valence-corrected chi connectivity index (χ0v) is 11.5. The fourth-order valence-electron chi connectivity index (χ4n) is 1.49. The van der Waals surface area contributed by atoms with Crippen LogP contribution in [0.3, 0.4) is 0 Å². The molecule has 0 saturated carbocycles. The van der Waals surface area contributed by atoms with Crippen molar-refractivity contribution in [2.75, 3.05) is 6.54 Å². The number of nitrogens with one attached hydrogen (secondary N) is 1. The number of hydrogen-bond donors (Lipinski definition) is 2. The number of carbonyl (C=O) groups excluding carboxylic acids is 1. The molecule has 0 bridgehead atoms. The van der Waals surface area contributed by atoms with Crippen LogP contribution in [0.25, 0.3) is 0 Å². The molecule has 0 spiro atoms. The minimum absolute atomic E-state index is 0.00189. The van der Waals surface area contributed by atoms with Crippen molar-refractivity contribution < 1.29 is 9.90 Å². The summed E-state index contributed by atoms with van der Waals surface area (Å²) in [6.45, 7) is 1.98. The van der Waals surface area contributed by atoms with Crippen molar-refractivity contribution in [1.82, 2.24) is 5.32 Å². The van der Waals surface area contributed by atoms with Gasteiger partial charge in [0.1, 0.15) is 0 Å². The SMILES string of the molecule is CC(O)CNC(=O)CCCc1ccccc1Br. The molecular formula is C13H18BrNO2. The minimum atomic E-state index is -0.484. The van der Waals surface area contributed by atoms with E-state index in [1.54, 1.807) is 6.92 Å². The van der Waals surface area contributed by atoms with Gasteiger partial charge in [-0.05, 0) is 31.4 Å². The van der Waals surface area contributed by atoms with E-state index in [1.807, 2.05) is 18.2 Å². The molecule has 17 heavy (non-hydrogen) atoms. The molecule has 0 heterocycles. The van der Waals surface area contributed by atoms with Crippen molar-refractivity contribution in [3.63, 3.8) is 0 Å². The third-order valence-corrected chi connectivity index (χ3v) is 3.18. The van der Waals surface area contributed by atoms with Gasteiger partial charge in [-0.25, -0.2) is 0 Å². The van der Waals surface area contributed by atoms with Crippen LogP contribution in [-0.2, 0) is 11.2 Å². The number of carbonyl (C=O) groups is 1. The molecule has 0 aliphatic rings. The summed E-state index contributed by atoms with van der Waals surface area (Å²) < 4.78 is 1.09. The summed E-state index contributed by atoms with van der Waals surface area (Å²) in [6, 6.07) is 8.02. The van der Waals surface area contributed by atoms with Gasteiger partial charge in [-0.1, -0.05) is 34.1 Å². The second kappa shape index (κ2) is 7.45. The summed E-state index contributed by atoms with van der Waals surface area (Å²) >= 11 is 3.48. The molecule has 94 valence electrons. The maximum absolute atomic E-state index is 11.4. The molecule has 0 aliphatic heterocycles. The lowest BCUT2D eigenvalue weighted by Crippen LogP contribution is -2.30. The summed E-state index contributed by atoms with van der Waals surface area (Å²) in [5.41, 5.74) is 1.22. The van der Waals surface area contributed by atoms with Crippen LogP contribution in [0.4, 0.5) is 0 Å². The zero-order valence-electron chi connectivity index (χ0n) is 9.95. The molecule has 1 aromatic carbocycles. The first-order valence-corrected chi connectivity index (χ1v) is 6.57. The summed E-state index contributed by atoms with van der Waals surface area (Å²) in [5, 5.41) is 11.7. The monoisotopic (exact) mass is 299 g/mol. The highest BCUT2D eigenvalue weighted by atomic mass is 79.9. The van der Waals surface area contributed by atoms with Gasteiger partial charge in [-0.15, -0.1) is 0 Å². The van der Waals surface area contributed by atoms with Gasteiger partial charge in [0.05, 0.1) is 6.10 Å². The molecule has 0 saturated heterocycles. The van der Waals surface area contributed by atoms with E-state index >= 15 is 0 Å². The second-order valence-electron chi connectivity index (χ2n) is 4.10. The lowest BCUT2D eigenvalue weighted by Gasteiger charge is -2.07. The van der Waals surface area contributed by atoms with E-state index in [1.165, 1.54) is 5.56 Å². The predicted octanol–water partition coefficient (Wildman–Crippen LogP) is 2.27. The Morgan fingerprint density at radius 2 is 2.18 bits per heavy atom. The standard InChI is InChI=1S/C13H18BrNO2/c1-10(16)9-15-13(17)8-4-6-11-5-2-3-7-12(11)14/h2-3,5,7,10,16H,4,6,8-9H2,1H3,(H,15,17). The van der Waals surface area contributed by atoms with Gasteiger partial charge >= 0.3 is 0 Å². The van der Waals surface area contributed by atoms with Crippen LogP contribution in [0.1, 0.15) is 25.3 Å². The molecule has 0 fully saturated rings. The fourth-order valence-corrected chi connectivity index (χ4v) is 1.97. The Hall–Kier alpha value is -0.870. The summed E-state index contributed by atoms with van der Waals surface area (Å²) in [7, 11) is 0. The Bertz CT molecular complexity index is 366. The van der Waals surface area contributed by atoms with Crippen molar-refractivity contribution in [2.45, 2.75) is 32.3 Å². The van der Waals surface area contributed by atoms with Crippen molar-refractivity contribution in [3.05, 3.63) is 34.3 Å².